The molecule has 0 saturated carbocycles. The number of ether oxygens (including phenoxy) is 1. The first kappa shape index (κ1) is 21.3. The van der Waals surface area contributed by atoms with E-state index in [1.807, 2.05) is 10.6 Å². The molecular formula is C21H17BrFN5O2S. The van der Waals surface area contributed by atoms with E-state index in [-0.39, 0.29) is 18.0 Å². The number of fused-ring (bicyclic) bond motifs is 1. The van der Waals surface area contributed by atoms with Crippen LogP contribution in [0.4, 0.5) is 4.39 Å². The Morgan fingerprint density at radius 3 is 2.77 bits per heavy atom. The van der Waals surface area contributed by atoms with Crippen LogP contribution in [0.5, 0.6) is 5.75 Å². The van der Waals surface area contributed by atoms with E-state index in [4.69, 9.17) is 4.74 Å². The largest absolute Gasteiger partial charge is 0.486 e. The summed E-state index contributed by atoms with van der Waals surface area (Å²) in [6.45, 7) is 4.47. The van der Waals surface area contributed by atoms with Gasteiger partial charge < -0.3 is 4.74 Å². The highest BCUT2D eigenvalue weighted by Crippen LogP contribution is 2.22. The molecule has 0 radical (unpaired) electrons. The van der Waals surface area contributed by atoms with Gasteiger partial charge in [-0.05, 0) is 52.3 Å². The lowest BCUT2D eigenvalue weighted by Crippen LogP contribution is -2.15. The number of pyridine rings is 1. The summed E-state index contributed by atoms with van der Waals surface area (Å²) in [5, 5.41) is 9.12. The number of benzene rings is 1. The van der Waals surface area contributed by atoms with Crippen LogP contribution in [0.3, 0.4) is 0 Å². The number of thioether (sulfide) groups is 1. The van der Waals surface area contributed by atoms with Crippen molar-refractivity contribution in [2.45, 2.75) is 24.1 Å². The van der Waals surface area contributed by atoms with Crippen LogP contribution in [-0.4, -0.2) is 24.1 Å². The van der Waals surface area contributed by atoms with Crippen LogP contribution in [0.15, 0.2) is 75.7 Å². The second-order valence-electron chi connectivity index (χ2n) is 6.49. The average molecular weight is 502 g/mol. The van der Waals surface area contributed by atoms with Crippen LogP contribution in [0.25, 0.3) is 5.65 Å². The zero-order chi connectivity index (χ0) is 21.8. The summed E-state index contributed by atoms with van der Waals surface area (Å²) < 4.78 is 22.9. The zero-order valence-electron chi connectivity index (χ0n) is 16.2. The molecule has 4 rings (SSSR count). The highest BCUT2D eigenvalue weighted by atomic mass is 79.9. The van der Waals surface area contributed by atoms with Crippen molar-refractivity contribution in [3.8, 4) is 5.75 Å². The van der Waals surface area contributed by atoms with Gasteiger partial charge in [-0.15, -0.1) is 16.8 Å². The van der Waals surface area contributed by atoms with Gasteiger partial charge in [0, 0.05) is 29.0 Å². The van der Waals surface area contributed by atoms with Gasteiger partial charge in [0.25, 0.3) is 5.56 Å². The van der Waals surface area contributed by atoms with E-state index in [1.165, 1.54) is 34.4 Å². The number of halogens is 2. The van der Waals surface area contributed by atoms with E-state index in [0.717, 1.165) is 4.47 Å². The van der Waals surface area contributed by atoms with Crippen LogP contribution in [0.2, 0.25) is 0 Å². The molecule has 0 aliphatic heterocycles. The van der Waals surface area contributed by atoms with Crippen LogP contribution >= 0.6 is 27.7 Å². The van der Waals surface area contributed by atoms with Crippen molar-refractivity contribution in [1.82, 2.24) is 24.1 Å². The molecule has 0 fully saturated rings. The molecule has 0 atom stereocenters. The Labute approximate surface area is 189 Å². The van der Waals surface area contributed by atoms with Gasteiger partial charge in [-0.25, -0.2) is 9.37 Å². The molecule has 3 heterocycles. The Morgan fingerprint density at radius 2 is 2.00 bits per heavy atom. The molecule has 158 valence electrons. The summed E-state index contributed by atoms with van der Waals surface area (Å²) in [5.74, 6) is 1.28. The Morgan fingerprint density at radius 1 is 1.19 bits per heavy atom. The number of hydrogen-bond acceptors (Lipinski definition) is 6. The first-order valence-electron chi connectivity index (χ1n) is 9.25. The van der Waals surface area contributed by atoms with Crippen molar-refractivity contribution >= 4 is 33.3 Å². The number of rotatable bonds is 8. The third-order valence-corrected chi connectivity index (χ3v) is 5.78. The Balaban J connectivity index is 1.50. The van der Waals surface area contributed by atoms with E-state index in [2.05, 4.69) is 37.7 Å². The SMILES string of the molecule is C=CCn1c(COc2ccc(F)cc2)nnc1SCc1cc(=O)n2cc(Br)ccc2n1. The fraction of sp³-hybridized carbons (Fsp3) is 0.143. The lowest BCUT2D eigenvalue weighted by Gasteiger charge is -2.09. The van der Waals surface area contributed by atoms with Crippen molar-refractivity contribution in [3.05, 3.63) is 93.5 Å². The molecule has 0 aliphatic rings. The zero-order valence-corrected chi connectivity index (χ0v) is 18.6. The van der Waals surface area contributed by atoms with Crippen molar-refractivity contribution in [2.24, 2.45) is 0 Å². The Kier molecular flexibility index (Phi) is 6.47. The van der Waals surface area contributed by atoms with E-state index >= 15 is 0 Å². The third kappa shape index (κ3) is 5.02. The predicted octanol–water partition coefficient (Wildman–Crippen LogP) is 4.24. The van der Waals surface area contributed by atoms with E-state index in [9.17, 15) is 9.18 Å². The highest BCUT2D eigenvalue weighted by Gasteiger charge is 2.14. The van der Waals surface area contributed by atoms with Gasteiger partial charge in [0.05, 0.1) is 5.69 Å². The maximum Gasteiger partial charge on any atom is 0.258 e. The van der Waals surface area contributed by atoms with Crippen molar-refractivity contribution in [1.29, 1.82) is 0 Å². The van der Waals surface area contributed by atoms with Gasteiger partial charge in [0.15, 0.2) is 11.0 Å². The minimum Gasteiger partial charge on any atom is -0.486 e. The van der Waals surface area contributed by atoms with Crippen LogP contribution < -0.4 is 10.3 Å². The normalized spacial score (nSPS) is 11.0. The lowest BCUT2D eigenvalue weighted by atomic mass is 10.3. The molecule has 0 N–H and O–H groups in total. The van der Waals surface area contributed by atoms with Crippen LogP contribution in [0.1, 0.15) is 11.5 Å². The summed E-state index contributed by atoms with van der Waals surface area (Å²) in [7, 11) is 0. The molecule has 0 saturated heterocycles. The summed E-state index contributed by atoms with van der Waals surface area (Å²) in [6.07, 6.45) is 3.43. The Bertz CT molecular complexity index is 1290. The molecule has 0 spiro atoms. The third-order valence-electron chi connectivity index (χ3n) is 4.31. The first-order chi connectivity index (χ1) is 15.0. The maximum absolute atomic E-state index is 13.0. The number of allylic oxidation sites excluding steroid dienone is 1. The molecule has 0 aliphatic carbocycles. The van der Waals surface area contributed by atoms with Crippen molar-refractivity contribution in [3.63, 3.8) is 0 Å². The van der Waals surface area contributed by atoms with Crippen LogP contribution in [-0.2, 0) is 18.9 Å². The molecule has 10 heteroatoms. The quantitative estimate of drug-likeness (QED) is 0.265. The van der Waals surface area contributed by atoms with Crippen molar-refractivity contribution < 1.29 is 9.13 Å². The molecule has 1 aromatic carbocycles. The Hall–Kier alpha value is -2.98. The monoisotopic (exact) mass is 501 g/mol. The van der Waals surface area contributed by atoms with Gasteiger partial charge in [0.1, 0.15) is 23.8 Å². The van der Waals surface area contributed by atoms with Gasteiger partial charge in [0.2, 0.25) is 0 Å². The fourth-order valence-electron chi connectivity index (χ4n) is 2.86. The van der Waals surface area contributed by atoms with E-state index < -0.39 is 0 Å². The molecule has 0 amide bonds. The predicted molar refractivity (Wildman–Crippen MR) is 120 cm³/mol. The average Bonchev–Trinajstić information content (AvgIpc) is 3.14. The molecule has 7 nitrogen and oxygen atoms in total. The molecular weight excluding hydrogens is 485 g/mol. The van der Waals surface area contributed by atoms with Crippen LogP contribution in [0, 0.1) is 5.82 Å². The number of aromatic nitrogens is 5. The lowest BCUT2D eigenvalue weighted by molar-refractivity contribution is 0.288. The molecule has 31 heavy (non-hydrogen) atoms. The van der Waals surface area contributed by atoms with Gasteiger partial charge in [-0.2, -0.15) is 0 Å². The van der Waals surface area contributed by atoms with E-state index in [1.54, 1.807) is 30.5 Å². The standard InChI is InChI=1S/C21H17BrFN5O2S/c1-2-9-27-19(12-30-17-6-4-15(23)5-7-17)25-26-21(27)31-13-16-10-20(29)28-11-14(22)3-8-18(28)24-16/h2-8,10-11H,1,9,12-13H2. The van der Waals surface area contributed by atoms with Gasteiger partial charge >= 0.3 is 0 Å². The summed E-state index contributed by atoms with van der Waals surface area (Å²) in [6, 6.07) is 10.9. The summed E-state index contributed by atoms with van der Waals surface area (Å²) in [4.78, 5) is 16.9. The summed E-state index contributed by atoms with van der Waals surface area (Å²) in [5.41, 5.74) is 1.07. The molecule has 0 bridgehead atoms. The van der Waals surface area contributed by atoms with E-state index in [0.29, 0.717) is 40.4 Å². The second-order valence-corrected chi connectivity index (χ2v) is 8.35. The minimum absolute atomic E-state index is 0.150. The molecule has 0 unspecified atom stereocenters. The highest BCUT2D eigenvalue weighted by molar-refractivity contribution is 9.10. The second kappa shape index (κ2) is 9.44. The van der Waals surface area contributed by atoms with Crippen molar-refractivity contribution in [2.75, 3.05) is 0 Å². The molecule has 3 aromatic heterocycles. The minimum atomic E-state index is -0.324. The topological polar surface area (TPSA) is 74.3 Å². The smallest absolute Gasteiger partial charge is 0.258 e. The fourth-order valence-corrected chi connectivity index (χ4v) is 4.06. The van der Waals surface area contributed by atoms with Gasteiger partial charge in [-0.1, -0.05) is 17.8 Å². The molecule has 4 aromatic rings. The first-order valence-corrected chi connectivity index (χ1v) is 11.0. The maximum atomic E-state index is 13.0. The number of hydrogen-bond donors (Lipinski definition) is 0. The number of nitrogens with zero attached hydrogens (tertiary/aromatic N) is 5. The van der Waals surface area contributed by atoms with Gasteiger partial charge in [-0.3, -0.25) is 13.8 Å². The summed E-state index contributed by atoms with van der Waals surface area (Å²) >= 11 is 4.78.